The van der Waals surface area contributed by atoms with Crippen molar-refractivity contribution in [3.63, 3.8) is 0 Å². The van der Waals surface area contributed by atoms with Crippen LogP contribution < -0.4 is 0 Å². The number of hydrogen-bond donors (Lipinski definition) is 0. The molecule has 3 heteroatoms. The molecule has 0 unspecified atom stereocenters. The van der Waals surface area contributed by atoms with E-state index in [-0.39, 0.29) is 0 Å². The van der Waals surface area contributed by atoms with Crippen LogP contribution in [0.2, 0.25) is 5.02 Å². The lowest BCUT2D eigenvalue weighted by molar-refractivity contribution is 1.52. The first-order valence-corrected chi connectivity index (χ1v) is 4.59. The molecule has 0 aliphatic heterocycles. The summed E-state index contributed by atoms with van der Waals surface area (Å²) in [5, 5.41) is 10.4. The number of halogens is 1. The van der Waals surface area contributed by atoms with Gasteiger partial charge in [-0.2, -0.15) is 5.26 Å². The molecule has 0 saturated heterocycles. The highest BCUT2D eigenvalue weighted by Gasteiger charge is 2.02. The van der Waals surface area contributed by atoms with Crippen LogP contribution in [0.25, 0.3) is 10.1 Å². The minimum absolute atomic E-state index is 0.707. The standard InChI is InChI=1S/C9H4ClNS/c10-8-3-1-2-6-4-7(5-11)12-9(6)8/h1-4H. The molecule has 0 N–H and O–H groups in total. The Morgan fingerprint density at radius 3 is 2.92 bits per heavy atom. The van der Waals surface area contributed by atoms with E-state index in [1.165, 1.54) is 11.3 Å². The third-order valence-corrected chi connectivity index (χ3v) is 3.12. The van der Waals surface area contributed by atoms with Gasteiger partial charge in [0.1, 0.15) is 10.9 Å². The molecule has 0 aliphatic rings. The van der Waals surface area contributed by atoms with E-state index in [1.54, 1.807) is 0 Å². The molecule has 0 amide bonds. The number of hydrogen-bond acceptors (Lipinski definition) is 2. The summed E-state index contributed by atoms with van der Waals surface area (Å²) in [6.45, 7) is 0. The average Bonchev–Trinajstić information content (AvgIpc) is 2.49. The highest BCUT2D eigenvalue weighted by atomic mass is 35.5. The van der Waals surface area contributed by atoms with Gasteiger partial charge in [0.15, 0.2) is 0 Å². The van der Waals surface area contributed by atoms with E-state index in [0.717, 1.165) is 15.1 Å². The van der Waals surface area contributed by atoms with E-state index < -0.39 is 0 Å². The first-order valence-electron chi connectivity index (χ1n) is 3.39. The zero-order valence-electron chi connectivity index (χ0n) is 6.04. The molecule has 0 saturated carbocycles. The van der Waals surface area contributed by atoms with Crippen molar-refractivity contribution in [3.8, 4) is 6.07 Å². The van der Waals surface area contributed by atoms with Gasteiger partial charge in [-0.15, -0.1) is 11.3 Å². The number of thiophene rings is 1. The molecule has 12 heavy (non-hydrogen) atoms. The van der Waals surface area contributed by atoms with E-state index in [9.17, 15) is 0 Å². The SMILES string of the molecule is N#Cc1cc2cccc(Cl)c2s1. The summed E-state index contributed by atoms with van der Waals surface area (Å²) < 4.78 is 0.996. The van der Waals surface area contributed by atoms with Crippen LogP contribution in [-0.2, 0) is 0 Å². The van der Waals surface area contributed by atoms with Crippen LogP contribution in [0.15, 0.2) is 24.3 Å². The van der Waals surface area contributed by atoms with Gasteiger partial charge in [0.05, 0.1) is 9.72 Å². The van der Waals surface area contributed by atoms with Crippen molar-refractivity contribution in [1.29, 1.82) is 5.26 Å². The summed E-state index contributed by atoms with van der Waals surface area (Å²) in [6.07, 6.45) is 0. The van der Waals surface area contributed by atoms with Crippen LogP contribution in [0, 0.1) is 11.3 Å². The fourth-order valence-corrected chi connectivity index (χ4v) is 2.24. The molecule has 0 fully saturated rings. The second-order valence-corrected chi connectivity index (χ2v) is 3.84. The van der Waals surface area contributed by atoms with Crippen LogP contribution >= 0.6 is 22.9 Å². The van der Waals surface area contributed by atoms with Gasteiger partial charge >= 0.3 is 0 Å². The molecule has 2 rings (SSSR count). The molecule has 58 valence electrons. The lowest BCUT2D eigenvalue weighted by atomic mass is 10.2. The number of nitriles is 1. The molecule has 0 atom stereocenters. The maximum atomic E-state index is 8.65. The van der Waals surface area contributed by atoms with Crippen molar-refractivity contribution in [1.82, 2.24) is 0 Å². The van der Waals surface area contributed by atoms with Gasteiger partial charge in [0.25, 0.3) is 0 Å². The van der Waals surface area contributed by atoms with Gasteiger partial charge < -0.3 is 0 Å². The van der Waals surface area contributed by atoms with Gasteiger partial charge in [0, 0.05) is 0 Å². The third kappa shape index (κ3) is 1.08. The molecule has 0 radical (unpaired) electrons. The molecule has 1 heterocycles. The van der Waals surface area contributed by atoms with Crippen molar-refractivity contribution >= 4 is 33.0 Å². The van der Waals surface area contributed by atoms with Crippen molar-refractivity contribution in [2.45, 2.75) is 0 Å². The zero-order chi connectivity index (χ0) is 8.55. The Hall–Kier alpha value is -1.04. The van der Waals surface area contributed by atoms with Crippen molar-refractivity contribution < 1.29 is 0 Å². The predicted octanol–water partition coefficient (Wildman–Crippen LogP) is 3.43. The van der Waals surface area contributed by atoms with E-state index in [2.05, 4.69) is 6.07 Å². The molecule has 0 spiro atoms. The second kappa shape index (κ2) is 2.78. The lowest BCUT2D eigenvalue weighted by Gasteiger charge is -1.89. The number of rotatable bonds is 0. The molecule has 0 bridgehead atoms. The summed E-state index contributed by atoms with van der Waals surface area (Å²) >= 11 is 7.36. The van der Waals surface area contributed by atoms with Gasteiger partial charge in [-0.1, -0.05) is 23.7 Å². The summed E-state index contributed by atoms with van der Waals surface area (Å²) in [5.74, 6) is 0. The maximum Gasteiger partial charge on any atom is 0.110 e. The topological polar surface area (TPSA) is 23.8 Å². The Labute approximate surface area is 78.8 Å². The smallest absolute Gasteiger partial charge is 0.110 e. The Balaban J connectivity index is 2.85. The van der Waals surface area contributed by atoms with Crippen molar-refractivity contribution in [2.75, 3.05) is 0 Å². The second-order valence-electron chi connectivity index (χ2n) is 2.38. The average molecular weight is 194 g/mol. The molecule has 2 aromatic rings. The largest absolute Gasteiger partial charge is 0.192 e. The monoisotopic (exact) mass is 193 g/mol. The highest BCUT2D eigenvalue weighted by Crippen LogP contribution is 2.30. The normalized spacial score (nSPS) is 10.0. The first kappa shape index (κ1) is 7.60. The summed E-state index contributed by atoms with van der Waals surface area (Å²) in [6, 6.07) is 9.64. The zero-order valence-corrected chi connectivity index (χ0v) is 7.62. The molecule has 1 aromatic heterocycles. The van der Waals surface area contributed by atoms with Gasteiger partial charge in [-0.05, 0) is 17.5 Å². The summed E-state index contributed by atoms with van der Waals surface area (Å²) in [4.78, 5) is 0.707. The molecular formula is C9H4ClNS. The Morgan fingerprint density at radius 1 is 1.42 bits per heavy atom. The van der Waals surface area contributed by atoms with E-state index in [0.29, 0.717) is 4.88 Å². The molecular weight excluding hydrogens is 190 g/mol. The van der Waals surface area contributed by atoms with Crippen LogP contribution in [0.4, 0.5) is 0 Å². The number of benzene rings is 1. The van der Waals surface area contributed by atoms with E-state index in [1.807, 2.05) is 24.3 Å². The van der Waals surface area contributed by atoms with Gasteiger partial charge in [0.2, 0.25) is 0 Å². The van der Waals surface area contributed by atoms with E-state index in [4.69, 9.17) is 16.9 Å². The molecule has 1 nitrogen and oxygen atoms in total. The minimum atomic E-state index is 0.707. The summed E-state index contributed by atoms with van der Waals surface area (Å²) in [7, 11) is 0. The maximum absolute atomic E-state index is 8.65. The summed E-state index contributed by atoms with van der Waals surface area (Å²) in [5.41, 5.74) is 0. The van der Waals surface area contributed by atoms with Gasteiger partial charge in [-0.3, -0.25) is 0 Å². The quantitative estimate of drug-likeness (QED) is 0.629. The van der Waals surface area contributed by atoms with Crippen LogP contribution in [0.1, 0.15) is 4.88 Å². The molecule has 0 aliphatic carbocycles. The fourth-order valence-electron chi connectivity index (χ4n) is 1.08. The lowest BCUT2D eigenvalue weighted by Crippen LogP contribution is -1.62. The fraction of sp³-hybridized carbons (Fsp3) is 0. The number of nitrogens with zero attached hydrogens (tertiary/aromatic N) is 1. The van der Waals surface area contributed by atoms with Crippen molar-refractivity contribution in [3.05, 3.63) is 34.2 Å². The third-order valence-electron chi connectivity index (χ3n) is 1.61. The predicted molar refractivity (Wildman–Crippen MR) is 51.6 cm³/mol. The highest BCUT2D eigenvalue weighted by molar-refractivity contribution is 7.20. The van der Waals surface area contributed by atoms with Crippen LogP contribution in [-0.4, -0.2) is 0 Å². The molecule has 1 aromatic carbocycles. The Bertz CT molecular complexity index is 467. The Morgan fingerprint density at radius 2 is 2.25 bits per heavy atom. The van der Waals surface area contributed by atoms with Crippen molar-refractivity contribution in [2.24, 2.45) is 0 Å². The Kier molecular flexibility index (Phi) is 1.76. The first-order chi connectivity index (χ1) is 5.81. The van der Waals surface area contributed by atoms with Crippen LogP contribution in [0.3, 0.4) is 0 Å². The van der Waals surface area contributed by atoms with E-state index >= 15 is 0 Å². The van der Waals surface area contributed by atoms with Crippen LogP contribution in [0.5, 0.6) is 0 Å². The number of fused-ring (bicyclic) bond motifs is 1. The minimum Gasteiger partial charge on any atom is -0.192 e. The van der Waals surface area contributed by atoms with Gasteiger partial charge in [-0.25, -0.2) is 0 Å².